The Morgan fingerprint density at radius 1 is 0.914 bits per heavy atom. The van der Waals surface area contributed by atoms with Gasteiger partial charge in [-0.3, -0.25) is 19.8 Å². The second-order valence-electron chi connectivity index (χ2n) is 7.80. The van der Waals surface area contributed by atoms with E-state index in [1.54, 1.807) is 54.8 Å². The maximum Gasteiger partial charge on any atom is 0.270 e. The Kier molecular flexibility index (Phi) is 6.06. The molecule has 2 amide bonds. The molecule has 2 aromatic carbocycles. The molecule has 1 fully saturated rings. The number of carbonyl (C=O) groups is 4. The lowest BCUT2D eigenvalue weighted by Gasteiger charge is -2.28. The molecule has 3 aromatic rings. The highest BCUT2D eigenvalue weighted by Crippen LogP contribution is 2.27. The number of amides is 2. The van der Waals surface area contributed by atoms with E-state index in [0.717, 1.165) is 6.07 Å². The predicted octanol–water partition coefficient (Wildman–Crippen LogP) is 0.652. The Hall–Kier alpha value is -4.57. The molecule has 1 aliphatic heterocycles. The molecular formula is C25H17N3O6S-2. The van der Waals surface area contributed by atoms with E-state index < -0.39 is 23.8 Å². The Balaban J connectivity index is 1.81. The third-order valence-corrected chi connectivity index (χ3v) is 5.82. The van der Waals surface area contributed by atoms with E-state index in [4.69, 9.17) is 12.2 Å². The Labute approximate surface area is 204 Å². The van der Waals surface area contributed by atoms with Gasteiger partial charge in [-0.2, -0.15) is 0 Å². The lowest BCUT2D eigenvalue weighted by molar-refractivity contribution is -0.255. The number of aromatic carboxylic acids is 2. The summed E-state index contributed by atoms with van der Waals surface area (Å²) in [6.07, 6.45) is 1.41. The summed E-state index contributed by atoms with van der Waals surface area (Å²) in [6.45, 7) is 3.40. The van der Waals surface area contributed by atoms with E-state index in [2.05, 4.69) is 5.32 Å². The van der Waals surface area contributed by atoms with Crippen LogP contribution in [0, 0.1) is 13.8 Å². The summed E-state index contributed by atoms with van der Waals surface area (Å²) in [5, 5.41) is 25.3. The number of carbonyl (C=O) groups excluding carboxylic acids is 4. The number of aryl methyl sites for hydroxylation is 1. The van der Waals surface area contributed by atoms with Crippen LogP contribution in [0.4, 0.5) is 5.69 Å². The molecule has 0 spiro atoms. The van der Waals surface area contributed by atoms with Gasteiger partial charge in [0.05, 0.1) is 17.6 Å². The van der Waals surface area contributed by atoms with E-state index in [1.165, 1.54) is 23.1 Å². The number of anilines is 1. The van der Waals surface area contributed by atoms with Gasteiger partial charge in [0.15, 0.2) is 5.11 Å². The molecule has 0 saturated carbocycles. The number of hydrogen-bond acceptors (Lipinski definition) is 7. The number of thiocarbonyl (C=S) groups is 1. The SMILES string of the molecule is Cc1cc(/C=C2\C(=O)NC(=S)N(c3ccccc3)C2=O)c(C)n1-c1cc(C(=O)[O-])cc(C(=O)[O-])c1. The predicted molar refractivity (Wildman–Crippen MR) is 127 cm³/mol. The van der Waals surface area contributed by atoms with Gasteiger partial charge in [0.25, 0.3) is 11.8 Å². The van der Waals surface area contributed by atoms with Gasteiger partial charge in [-0.05, 0) is 85.2 Å². The lowest BCUT2D eigenvalue weighted by atomic mass is 10.1. The Morgan fingerprint density at radius 3 is 2.09 bits per heavy atom. The maximum atomic E-state index is 13.2. The van der Waals surface area contributed by atoms with Crippen molar-refractivity contribution in [1.82, 2.24) is 9.88 Å². The van der Waals surface area contributed by atoms with E-state index in [0.29, 0.717) is 22.6 Å². The summed E-state index contributed by atoms with van der Waals surface area (Å²) in [5.41, 5.74) is 1.57. The fraction of sp³-hybridized carbons (Fsp3) is 0.0800. The van der Waals surface area contributed by atoms with Gasteiger partial charge in [-0.15, -0.1) is 0 Å². The van der Waals surface area contributed by atoms with Gasteiger partial charge in [-0.25, -0.2) is 0 Å². The van der Waals surface area contributed by atoms with Gasteiger partial charge in [0.1, 0.15) is 5.57 Å². The fourth-order valence-electron chi connectivity index (χ4n) is 3.93. The third kappa shape index (κ3) is 4.34. The molecular weight excluding hydrogens is 470 g/mol. The highest BCUT2D eigenvalue weighted by Gasteiger charge is 2.34. The second kappa shape index (κ2) is 8.99. The normalized spacial score (nSPS) is 14.9. The summed E-state index contributed by atoms with van der Waals surface area (Å²) >= 11 is 5.20. The summed E-state index contributed by atoms with van der Waals surface area (Å²) in [7, 11) is 0. The quantitative estimate of drug-likeness (QED) is 0.317. The molecule has 9 nitrogen and oxygen atoms in total. The molecule has 1 aliphatic rings. The zero-order chi connectivity index (χ0) is 25.4. The summed E-state index contributed by atoms with van der Waals surface area (Å²) in [6, 6.07) is 13.8. The van der Waals surface area contributed by atoms with E-state index in [-0.39, 0.29) is 27.5 Å². The van der Waals surface area contributed by atoms with Gasteiger partial charge in [0, 0.05) is 17.1 Å². The Bertz CT molecular complexity index is 1420. The summed E-state index contributed by atoms with van der Waals surface area (Å²) in [4.78, 5) is 49.9. The van der Waals surface area contributed by atoms with Crippen molar-refractivity contribution in [2.45, 2.75) is 13.8 Å². The molecule has 0 aliphatic carbocycles. The number of para-hydroxylation sites is 1. The number of nitrogens with zero attached hydrogens (tertiary/aromatic N) is 2. The van der Waals surface area contributed by atoms with E-state index >= 15 is 0 Å². The number of carboxylic acid groups (broad SMARTS) is 2. The first-order valence-electron chi connectivity index (χ1n) is 10.3. The van der Waals surface area contributed by atoms with Gasteiger partial charge in [-0.1, -0.05) is 18.2 Å². The average Bonchev–Trinajstić information content (AvgIpc) is 3.09. The minimum Gasteiger partial charge on any atom is -0.545 e. The minimum atomic E-state index is -1.54. The van der Waals surface area contributed by atoms with Crippen molar-refractivity contribution < 1.29 is 29.4 Å². The van der Waals surface area contributed by atoms with Crippen LogP contribution in [0.1, 0.15) is 37.7 Å². The molecule has 0 bridgehead atoms. The Morgan fingerprint density at radius 2 is 1.51 bits per heavy atom. The van der Waals surface area contributed by atoms with Crippen LogP contribution in [0.25, 0.3) is 11.8 Å². The van der Waals surface area contributed by atoms with Crippen LogP contribution < -0.4 is 20.4 Å². The van der Waals surface area contributed by atoms with Crippen LogP contribution in [0.15, 0.2) is 60.2 Å². The van der Waals surface area contributed by atoms with Gasteiger partial charge in [0.2, 0.25) is 0 Å². The average molecular weight is 487 g/mol. The number of benzene rings is 2. The molecule has 0 unspecified atom stereocenters. The topological polar surface area (TPSA) is 135 Å². The molecule has 1 aromatic heterocycles. The van der Waals surface area contributed by atoms with Crippen LogP contribution in [-0.4, -0.2) is 33.4 Å². The van der Waals surface area contributed by atoms with Crippen LogP contribution in [0.2, 0.25) is 0 Å². The second-order valence-corrected chi connectivity index (χ2v) is 8.19. The lowest BCUT2D eigenvalue weighted by Crippen LogP contribution is -2.54. The highest BCUT2D eigenvalue weighted by molar-refractivity contribution is 7.80. The molecule has 35 heavy (non-hydrogen) atoms. The number of carboxylic acids is 2. The number of rotatable bonds is 5. The summed E-state index contributed by atoms with van der Waals surface area (Å²) < 4.78 is 1.61. The number of hydrogen-bond donors (Lipinski definition) is 1. The fourth-order valence-corrected chi connectivity index (χ4v) is 4.21. The zero-order valence-electron chi connectivity index (χ0n) is 18.5. The van der Waals surface area contributed by atoms with Crippen molar-refractivity contribution in [2.75, 3.05) is 4.90 Å². The van der Waals surface area contributed by atoms with Crippen molar-refractivity contribution in [3.63, 3.8) is 0 Å². The highest BCUT2D eigenvalue weighted by atomic mass is 32.1. The number of aromatic nitrogens is 1. The monoisotopic (exact) mass is 487 g/mol. The first kappa shape index (κ1) is 23.6. The van der Waals surface area contributed by atoms with Crippen LogP contribution >= 0.6 is 12.2 Å². The smallest absolute Gasteiger partial charge is 0.270 e. The standard InChI is InChI=1S/C25H19N3O6S/c1-13-8-15(14(2)27(13)19-10-16(23(31)32)9-17(11-19)24(33)34)12-20-21(29)26-25(35)28(22(20)30)18-6-4-3-5-7-18/h3-12H,1-2H3,(H,31,32)(H,33,34)(H,26,29,35)/p-2/b20-12+. The minimum absolute atomic E-state index is 0.0391. The first-order valence-corrected chi connectivity index (χ1v) is 10.7. The largest absolute Gasteiger partial charge is 0.545 e. The van der Waals surface area contributed by atoms with Crippen molar-refractivity contribution in [3.8, 4) is 5.69 Å². The molecule has 0 radical (unpaired) electrons. The zero-order valence-corrected chi connectivity index (χ0v) is 19.3. The first-order chi connectivity index (χ1) is 16.6. The van der Waals surface area contributed by atoms with Crippen molar-refractivity contribution in [3.05, 3.63) is 88.2 Å². The molecule has 1 saturated heterocycles. The van der Waals surface area contributed by atoms with Gasteiger partial charge < -0.3 is 24.4 Å². The molecule has 0 atom stereocenters. The van der Waals surface area contributed by atoms with Crippen LogP contribution in [-0.2, 0) is 9.59 Å². The van der Waals surface area contributed by atoms with Crippen molar-refractivity contribution in [1.29, 1.82) is 0 Å². The summed E-state index contributed by atoms with van der Waals surface area (Å²) in [5.74, 6) is -4.34. The maximum absolute atomic E-state index is 13.2. The van der Waals surface area contributed by atoms with E-state index in [1.807, 2.05) is 0 Å². The van der Waals surface area contributed by atoms with Crippen molar-refractivity contribution in [2.24, 2.45) is 0 Å². The van der Waals surface area contributed by atoms with Crippen LogP contribution in [0.3, 0.4) is 0 Å². The van der Waals surface area contributed by atoms with Crippen LogP contribution in [0.5, 0.6) is 0 Å². The molecule has 4 rings (SSSR count). The van der Waals surface area contributed by atoms with Crippen molar-refractivity contribution >= 4 is 52.8 Å². The molecule has 1 N–H and O–H groups in total. The molecule has 10 heteroatoms. The molecule has 2 heterocycles. The van der Waals surface area contributed by atoms with E-state index in [9.17, 15) is 29.4 Å². The number of nitrogens with one attached hydrogen (secondary N) is 1. The van der Waals surface area contributed by atoms with Gasteiger partial charge >= 0.3 is 0 Å². The third-order valence-electron chi connectivity index (χ3n) is 5.53. The molecule has 176 valence electrons.